The molecule has 4 heteroatoms. The Labute approximate surface area is 105 Å². The monoisotopic (exact) mass is 244 g/mol. The second-order valence-electron chi connectivity index (χ2n) is 3.97. The zero-order chi connectivity index (χ0) is 13.0. The molecule has 3 nitrogen and oxygen atoms in total. The third-order valence-corrected chi connectivity index (χ3v) is 2.65. The number of pyridine rings is 1. The molecular formula is C14H13FN2O. The minimum atomic E-state index is -0.329. The highest BCUT2D eigenvalue weighted by Crippen LogP contribution is 2.12. The van der Waals surface area contributed by atoms with Gasteiger partial charge in [-0.05, 0) is 29.8 Å². The molecular weight excluding hydrogens is 231 g/mol. The lowest BCUT2D eigenvalue weighted by Crippen LogP contribution is -2.27. The Morgan fingerprint density at radius 3 is 2.83 bits per heavy atom. The Bertz CT molecular complexity index is 543. The molecule has 1 aromatic carbocycles. The van der Waals surface area contributed by atoms with Crippen molar-refractivity contribution >= 4 is 11.6 Å². The fourth-order valence-corrected chi connectivity index (χ4v) is 1.64. The van der Waals surface area contributed by atoms with Crippen LogP contribution in [0, 0.1) is 5.82 Å². The summed E-state index contributed by atoms with van der Waals surface area (Å²) >= 11 is 0. The highest BCUT2D eigenvalue weighted by molar-refractivity contribution is 5.94. The lowest BCUT2D eigenvalue weighted by molar-refractivity contribution is -0.117. The van der Waals surface area contributed by atoms with Crippen molar-refractivity contribution in [3.8, 4) is 0 Å². The molecule has 0 unspecified atom stereocenters. The van der Waals surface area contributed by atoms with Gasteiger partial charge < -0.3 is 4.90 Å². The number of nitrogens with zero attached hydrogens (tertiary/aromatic N) is 2. The van der Waals surface area contributed by atoms with Gasteiger partial charge >= 0.3 is 0 Å². The maximum Gasteiger partial charge on any atom is 0.231 e. The maximum atomic E-state index is 13.0. The van der Waals surface area contributed by atoms with Gasteiger partial charge in [-0.25, -0.2) is 4.39 Å². The molecule has 0 aliphatic heterocycles. The Morgan fingerprint density at radius 2 is 2.17 bits per heavy atom. The van der Waals surface area contributed by atoms with Crippen LogP contribution < -0.4 is 4.90 Å². The zero-order valence-corrected chi connectivity index (χ0v) is 10.0. The summed E-state index contributed by atoms with van der Waals surface area (Å²) in [6, 6.07) is 9.63. The van der Waals surface area contributed by atoms with Crippen LogP contribution in [0.2, 0.25) is 0 Å². The summed E-state index contributed by atoms with van der Waals surface area (Å²) in [5.74, 6) is -0.432. The SMILES string of the molecule is CN(C(=O)Cc1cccc(F)c1)c1cccnc1. The number of anilines is 1. The van der Waals surface area contributed by atoms with Crippen molar-refractivity contribution in [2.24, 2.45) is 0 Å². The Kier molecular flexibility index (Phi) is 3.67. The molecule has 0 fully saturated rings. The fraction of sp³-hybridized carbons (Fsp3) is 0.143. The van der Waals surface area contributed by atoms with Gasteiger partial charge in [0.2, 0.25) is 5.91 Å². The molecule has 0 atom stereocenters. The van der Waals surface area contributed by atoms with E-state index in [4.69, 9.17) is 0 Å². The average Bonchev–Trinajstić information content (AvgIpc) is 2.39. The first-order valence-corrected chi connectivity index (χ1v) is 5.58. The van der Waals surface area contributed by atoms with Gasteiger partial charge in [0.15, 0.2) is 0 Å². The van der Waals surface area contributed by atoms with E-state index in [1.807, 2.05) is 0 Å². The quantitative estimate of drug-likeness (QED) is 0.830. The predicted octanol–water partition coefficient (Wildman–Crippen LogP) is 2.43. The van der Waals surface area contributed by atoms with Crippen LogP contribution in [0.3, 0.4) is 0 Å². The van der Waals surface area contributed by atoms with Gasteiger partial charge in [0.25, 0.3) is 0 Å². The molecule has 0 N–H and O–H groups in total. The number of hydrogen-bond acceptors (Lipinski definition) is 2. The van der Waals surface area contributed by atoms with Crippen molar-refractivity contribution in [1.29, 1.82) is 0 Å². The zero-order valence-electron chi connectivity index (χ0n) is 10.0. The molecule has 92 valence electrons. The van der Waals surface area contributed by atoms with Crippen molar-refractivity contribution in [2.45, 2.75) is 6.42 Å². The Balaban J connectivity index is 2.09. The standard InChI is InChI=1S/C14H13FN2O/c1-17(13-6-3-7-16-10-13)14(18)9-11-4-2-5-12(15)8-11/h2-8,10H,9H2,1H3. The normalized spacial score (nSPS) is 10.1. The first-order chi connectivity index (χ1) is 8.66. The van der Waals surface area contributed by atoms with Crippen LogP contribution in [0.15, 0.2) is 48.8 Å². The van der Waals surface area contributed by atoms with Gasteiger partial charge in [-0.3, -0.25) is 9.78 Å². The molecule has 0 saturated carbocycles. The largest absolute Gasteiger partial charge is 0.314 e. The first-order valence-electron chi connectivity index (χ1n) is 5.58. The number of likely N-dealkylation sites (N-methyl/N-ethyl adjacent to an activating group) is 1. The van der Waals surface area contributed by atoms with E-state index in [-0.39, 0.29) is 18.1 Å². The molecule has 2 rings (SSSR count). The molecule has 1 heterocycles. The van der Waals surface area contributed by atoms with E-state index in [1.54, 1.807) is 43.7 Å². The van der Waals surface area contributed by atoms with Crippen molar-refractivity contribution in [3.05, 3.63) is 60.2 Å². The Hall–Kier alpha value is -2.23. The number of amides is 1. The summed E-state index contributed by atoms with van der Waals surface area (Å²) in [7, 11) is 1.68. The van der Waals surface area contributed by atoms with Crippen molar-refractivity contribution in [2.75, 3.05) is 11.9 Å². The molecule has 18 heavy (non-hydrogen) atoms. The summed E-state index contributed by atoms with van der Waals surface area (Å²) in [5, 5.41) is 0. The lowest BCUT2D eigenvalue weighted by Gasteiger charge is -2.16. The second-order valence-corrected chi connectivity index (χ2v) is 3.97. The lowest BCUT2D eigenvalue weighted by atomic mass is 10.1. The molecule has 2 aromatic rings. The summed E-state index contributed by atoms with van der Waals surface area (Å²) in [5.41, 5.74) is 1.38. The average molecular weight is 244 g/mol. The van der Waals surface area contributed by atoms with E-state index in [2.05, 4.69) is 4.98 Å². The third-order valence-electron chi connectivity index (χ3n) is 2.65. The molecule has 1 aromatic heterocycles. The molecule has 0 saturated heterocycles. The molecule has 0 radical (unpaired) electrons. The van der Waals surface area contributed by atoms with Crippen molar-refractivity contribution in [3.63, 3.8) is 0 Å². The van der Waals surface area contributed by atoms with E-state index in [0.717, 1.165) is 5.69 Å². The van der Waals surface area contributed by atoms with Crippen LogP contribution in [0.1, 0.15) is 5.56 Å². The van der Waals surface area contributed by atoms with Crippen LogP contribution in [-0.4, -0.2) is 17.9 Å². The van der Waals surface area contributed by atoms with E-state index in [0.29, 0.717) is 5.56 Å². The van der Waals surface area contributed by atoms with Gasteiger partial charge in [-0.15, -0.1) is 0 Å². The first kappa shape index (κ1) is 12.2. The topological polar surface area (TPSA) is 33.2 Å². The summed E-state index contributed by atoms with van der Waals surface area (Å²) in [6.45, 7) is 0. The van der Waals surface area contributed by atoms with Gasteiger partial charge in [0.05, 0.1) is 18.3 Å². The van der Waals surface area contributed by atoms with Gasteiger partial charge in [-0.1, -0.05) is 12.1 Å². The molecule has 0 aliphatic carbocycles. The highest BCUT2D eigenvalue weighted by atomic mass is 19.1. The summed E-state index contributed by atoms with van der Waals surface area (Å²) in [4.78, 5) is 17.5. The van der Waals surface area contributed by atoms with Gasteiger partial charge in [0, 0.05) is 13.2 Å². The van der Waals surface area contributed by atoms with Crippen LogP contribution >= 0.6 is 0 Å². The fourth-order valence-electron chi connectivity index (χ4n) is 1.64. The van der Waals surface area contributed by atoms with E-state index in [9.17, 15) is 9.18 Å². The number of hydrogen-bond donors (Lipinski definition) is 0. The number of aromatic nitrogens is 1. The highest BCUT2D eigenvalue weighted by Gasteiger charge is 2.11. The van der Waals surface area contributed by atoms with E-state index < -0.39 is 0 Å². The van der Waals surface area contributed by atoms with Crippen LogP contribution in [0.4, 0.5) is 10.1 Å². The van der Waals surface area contributed by atoms with Crippen LogP contribution in [0.25, 0.3) is 0 Å². The smallest absolute Gasteiger partial charge is 0.231 e. The van der Waals surface area contributed by atoms with Crippen LogP contribution in [0.5, 0.6) is 0 Å². The minimum Gasteiger partial charge on any atom is -0.314 e. The number of benzene rings is 1. The van der Waals surface area contributed by atoms with Crippen LogP contribution in [-0.2, 0) is 11.2 Å². The van der Waals surface area contributed by atoms with E-state index >= 15 is 0 Å². The van der Waals surface area contributed by atoms with Gasteiger partial charge in [0.1, 0.15) is 5.82 Å². The minimum absolute atomic E-state index is 0.103. The third kappa shape index (κ3) is 2.91. The number of halogens is 1. The number of carbonyl (C=O) groups excluding carboxylic acids is 1. The summed E-state index contributed by atoms with van der Waals surface area (Å²) in [6.07, 6.45) is 3.43. The molecule has 1 amide bonds. The summed E-state index contributed by atoms with van der Waals surface area (Å²) < 4.78 is 13.0. The predicted molar refractivity (Wildman–Crippen MR) is 67.8 cm³/mol. The molecule has 0 aliphatic rings. The molecule has 0 spiro atoms. The number of rotatable bonds is 3. The second kappa shape index (κ2) is 5.40. The van der Waals surface area contributed by atoms with Crippen molar-refractivity contribution < 1.29 is 9.18 Å². The maximum absolute atomic E-state index is 13.0. The van der Waals surface area contributed by atoms with E-state index in [1.165, 1.54) is 17.0 Å². The Morgan fingerprint density at radius 1 is 1.33 bits per heavy atom. The van der Waals surface area contributed by atoms with Crippen molar-refractivity contribution in [1.82, 2.24) is 4.98 Å². The molecule has 0 bridgehead atoms. The number of carbonyl (C=O) groups is 1. The van der Waals surface area contributed by atoms with Gasteiger partial charge in [-0.2, -0.15) is 0 Å².